The number of aliphatic carboxylic acids is 1. The Labute approximate surface area is 515 Å². The molecule has 0 radical (unpaired) electrons. The molecule has 0 spiro atoms. The Bertz CT molecular complexity index is 1990. The molecule has 1 rings (SSSR count). The van der Waals surface area contributed by atoms with E-state index in [1.54, 1.807) is 0 Å². The second-order valence-electron chi connectivity index (χ2n) is 22.0. The van der Waals surface area contributed by atoms with Gasteiger partial charge in [0.05, 0.1) is 6.61 Å². The molecule has 6 atom stereocenters. The molecule has 0 aliphatic carbocycles. The summed E-state index contributed by atoms with van der Waals surface area (Å²) in [5.74, 6) is -3.25. The van der Waals surface area contributed by atoms with Crippen LogP contribution in [0.2, 0.25) is 0 Å². The number of carbonyl (C=O) groups excluding carboxylic acids is 3. The molecule has 1 heterocycles. The van der Waals surface area contributed by atoms with Crippen LogP contribution in [0.15, 0.2) is 134 Å². The minimum Gasteiger partial charge on any atom is -0.479 e. The molecule has 1 saturated heterocycles. The fourth-order valence-electron chi connectivity index (χ4n) is 9.12. The van der Waals surface area contributed by atoms with E-state index in [0.29, 0.717) is 25.7 Å². The van der Waals surface area contributed by atoms with Gasteiger partial charge in [-0.05, 0) is 135 Å². The molecule has 12 nitrogen and oxygen atoms in total. The molecule has 0 aromatic heterocycles. The van der Waals surface area contributed by atoms with Crippen LogP contribution in [-0.4, -0.2) is 89.2 Å². The summed E-state index contributed by atoms with van der Waals surface area (Å²) in [7, 11) is 0. The first-order chi connectivity index (χ1) is 41.6. The number of carboxylic acids is 1. The van der Waals surface area contributed by atoms with E-state index in [1.807, 2.05) is 12.2 Å². The van der Waals surface area contributed by atoms with Gasteiger partial charge >= 0.3 is 23.9 Å². The van der Waals surface area contributed by atoms with Gasteiger partial charge in [0.15, 0.2) is 24.6 Å². The zero-order valence-corrected chi connectivity index (χ0v) is 53.1. The zero-order valence-electron chi connectivity index (χ0n) is 53.1. The van der Waals surface area contributed by atoms with Crippen molar-refractivity contribution in [1.82, 2.24) is 0 Å². The predicted molar refractivity (Wildman–Crippen MR) is 349 cm³/mol. The standard InChI is InChI=1S/C73H116O12/c1-4-7-10-13-16-19-22-25-28-31-33-36-38-41-44-47-50-53-56-59-65(74)81-62-64(83-66(75)60-57-54-51-48-45-42-39-35-30-27-24-21-18-15-12-9-6-3)63-82-73-71(69(78)68(77)70(85-73)72(79)80)84-67(76)61-58-55-52-49-46-43-40-37-34-32-29-26-23-20-17-14-11-8-5-2/h9,12,16-21,25-30,33-34,36-37,39,42,48,51,64,68-71,73,77-78H,4-8,10-11,13-15,22-24,31-32,35,38,40-41,43-47,49-50,52-63H2,1-3H3,(H,79,80)/b12-9-,19-16-,20-17-,21-18-,28-25-,29-26-,30-27-,36-33-,37-34-,42-39-,51-48-. The van der Waals surface area contributed by atoms with Gasteiger partial charge in [-0.25, -0.2) is 4.79 Å². The van der Waals surface area contributed by atoms with Crippen LogP contribution >= 0.6 is 0 Å². The normalized spacial score (nSPS) is 18.3. The van der Waals surface area contributed by atoms with Crippen LogP contribution < -0.4 is 0 Å². The SMILES string of the molecule is CC/C=C\C/C=C\C/C=C\C/C=C\C/C=C\CCCC(=O)OC(COC(=O)CCCCCCCC/C=C\C/C=C\C/C=C\CCCCC)COC1OC(C(=O)O)C(O)C(O)C1OC(=O)CCCCCCCC/C=C\C/C=C\C/C=C\CCCCC. The second-order valence-corrected chi connectivity index (χ2v) is 22.0. The minimum atomic E-state index is -1.93. The number of hydrogen-bond acceptors (Lipinski definition) is 11. The summed E-state index contributed by atoms with van der Waals surface area (Å²) < 4.78 is 28.5. The highest BCUT2D eigenvalue weighted by Gasteiger charge is 2.50. The summed E-state index contributed by atoms with van der Waals surface area (Å²) in [5, 5.41) is 31.6. The fraction of sp³-hybridized carbons (Fsp3) is 0.644. The number of aliphatic hydroxyl groups is 2. The highest BCUT2D eigenvalue weighted by molar-refractivity contribution is 5.74. The first-order valence-electron chi connectivity index (χ1n) is 33.2. The topological polar surface area (TPSA) is 175 Å². The molecule has 0 aromatic rings. The van der Waals surface area contributed by atoms with Crippen LogP contribution in [-0.2, 0) is 42.9 Å². The third-order valence-corrected chi connectivity index (χ3v) is 14.2. The molecular weight excluding hydrogens is 1070 g/mol. The van der Waals surface area contributed by atoms with Crippen LogP contribution in [0.1, 0.15) is 252 Å². The van der Waals surface area contributed by atoms with Crippen LogP contribution in [0.3, 0.4) is 0 Å². The van der Waals surface area contributed by atoms with E-state index in [9.17, 15) is 34.5 Å². The molecular formula is C73H116O12. The maximum atomic E-state index is 13.2. The van der Waals surface area contributed by atoms with E-state index in [0.717, 1.165) is 141 Å². The molecule has 1 aliphatic rings. The Kier molecular flexibility index (Phi) is 54.2. The number of aliphatic hydroxyl groups excluding tert-OH is 2. The quantitative estimate of drug-likeness (QED) is 0.0228. The summed E-state index contributed by atoms with van der Waals surface area (Å²) in [6.45, 7) is 5.77. The van der Waals surface area contributed by atoms with Crippen molar-refractivity contribution in [3.63, 3.8) is 0 Å². The lowest BCUT2D eigenvalue weighted by atomic mass is 9.98. The Morgan fingerprint density at radius 3 is 1.16 bits per heavy atom. The van der Waals surface area contributed by atoms with Gasteiger partial charge in [0, 0.05) is 19.3 Å². The summed E-state index contributed by atoms with van der Waals surface area (Å²) in [4.78, 5) is 51.4. The fourth-order valence-corrected chi connectivity index (χ4v) is 9.12. The Balaban J connectivity index is 2.72. The second kappa shape index (κ2) is 59.2. The molecule has 0 amide bonds. The van der Waals surface area contributed by atoms with Crippen molar-refractivity contribution in [1.29, 1.82) is 0 Å². The molecule has 12 heteroatoms. The number of ether oxygens (including phenoxy) is 5. The lowest BCUT2D eigenvalue weighted by Gasteiger charge is -2.40. The van der Waals surface area contributed by atoms with Gasteiger partial charge in [-0.2, -0.15) is 0 Å². The van der Waals surface area contributed by atoms with Gasteiger partial charge in [0.25, 0.3) is 0 Å². The van der Waals surface area contributed by atoms with Crippen LogP contribution in [0.4, 0.5) is 0 Å². The molecule has 1 fully saturated rings. The number of allylic oxidation sites excluding steroid dienone is 22. The number of carbonyl (C=O) groups is 4. The number of carboxylic acid groups (broad SMARTS) is 1. The predicted octanol–water partition coefficient (Wildman–Crippen LogP) is 18.1. The Morgan fingerprint density at radius 2 is 0.753 bits per heavy atom. The molecule has 0 saturated carbocycles. The lowest BCUT2D eigenvalue weighted by Crippen LogP contribution is -2.61. The Hall–Kier alpha value is -5.14. The van der Waals surface area contributed by atoms with E-state index in [-0.39, 0.29) is 25.9 Å². The van der Waals surface area contributed by atoms with Gasteiger partial charge in [-0.15, -0.1) is 0 Å². The van der Waals surface area contributed by atoms with Gasteiger partial charge in [0.1, 0.15) is 18.8 Å². The monoisotopic (exact) mass is 1180 g/mol. The van der Waals surface area contributed by atoms with Crippen LogP contribution in [0.25, 0.3) is 0 Å². The summed E-state index contributed by atoms with van der Waals surface area (Å²) in [5.41, 5.74) is 0. The summed E-state index contributed by atoms with van der Waals surface area (Å²) in [6.07, 6.45) is 71.2. The van der Waals surface area contributed by atoms with Gasteiger partial charge < -0.3 is 39.0 Å². The van der Waals surface area contributed by atoms with Gasteiger partial charge in [-0.1, -0.05) is 231 Å². The highest BCUT2D eigenvalue weighted by atomic mass is 16.7. The van der Waals surface area contributed by atoms with Crippen molar-refractivity contribution in [2.24, 2.45) is 0 Å². The summed E-state index contributed by atoms with van der Waals surface area (Å²) >= 11 is 0. The van der Waals surface area contributed by atoms with E-state index in [4.69, 9.17) is 23.7 Å². The molecule has 3 N–H and O–H groups in total. The van der Waals surface area contributed by atoms with Crippen molar-refractivity contribution in [2.45, 2.75) is 289 Å². The van der Waals surface area contributed by atoms with Crippen molar-refractivity contribution in [3.05, 3.63) is 134 Å². The first-order valence-corrected chi connectivity index (χ1v) is 33.2. The molecule has 0 aromatic carbocycles. The van der Waals surface area contributed by atoms with E-state index in [2.05, 4.69) is 142 Å². The minimum absolute atomic E-state index is 0.0307. The third kappa shape index (κ3) is 48.6. The van der Waals surface area contributed by atoms with Crippen LogP contribution in [0.5, 0.6) is 0 Å². The maximum Gasteiger partial charge on any atom is 0.335 e. The molecule has 85 heavy (non-hydrogen) atoms. The maximum absolute atomic E-state index is 13.2. The third-order valence-electron chi connectivity index (χ3n) is 14.2. The smallest absolute Gasteiger partial charge is 0.335 e. The van der Waals surface area contributed by atoms with E-state index >= 15 is 0 Å². The van der Waals surface area contributed by atoms with Crippen molar-refractivity contribution >= 4 is 23.9 Å². The molecule has 480 valence electrons. The Morgan fingerprint density at radius 1 is 0.400 bits per heavy atom. The van der Waals surface area contributed by atoms with Gasteiger partial charge in [-0.3, -0.25) is 14.4 Å². The van der Waals surface area contributed by atoms with E-state index in [1.165, 1.54) is 44.9 Å². The van der Waals surface area contributed by atoms with Crippen molar-refractivity contribution in [2.75, 3.05) is 13.2 Å². The van der Waals surface area contributed by atoms with Crippen LogP contribution in [0, 0.1) is 0 Å². The van der Waals surface area contributed by atoms with Crippen molar-refractivity contribution in [3.8, 4) is 0 Å². The molecule has 0 bridgehead atoms. The number of hydrogen-bond donors (Lipinski definition) is 3. The molecule has 6 unspecified atom stereocenters. The summed E-state index contributed by atoms with van der Waals surface area (Å²) in [6, 6.07) is 0. The first kappa shape index (κ1) is 77.9. The van der Waals surface area contributed by atoms with Crippen molar-refractivity contribution < 1.29 is 58.2 Å². The number of esters is 3. The van der Waals surface area contributed by atoms with E-state index < -0.39 is 67.3 Å². The lowest BCUT2D eigenvalue weighted by molar-refractivity contribution is -0.301. The van der Waals surface area contributed by atoms with Gasteiger partial charge in [0.2, 0.25) is 0 Å². The average molecular weight is 1190 g/mol. The zero-order chi connectivity index (χ0) is 61.7. The number of rotatable bonds is 55. The molecule has 1 aliphatic heterocycles. The largest absolute Gasteiger partial charge is 0.479 e. The number of unbranched alkanes of at least 4 members (excludes halogenated alkanes) is 19. The highest BCUT2D eigenvalue weighted by Crippen LogP contribution is 2.26. The average Bonchev–Trinajstić information content (AvgIpc) is 3.53.